The van der Waals surface area contributed by atoms with Crippen molar-refractivity contribution in [3.63, 3.8) is 0 Å². The molecule has 0 bridgehead atoms. The summed E-state index contributed by atoms with van der Waals surface area (Å²) in [6.45, 7) is 0. The van der Waals surface area contributed by atoms with E-state index in [9.17, 15) is 40.2 Å². The Morgan fingerprint density at radius 3 is 1.11 bits per heavy atom. The Hall–Kier alpha value is -4.98. The molecule has 2 unspecified atom stereocenters. The maximum absolute atomic E-state index is 13.9. The first-order valence-electron chi connectivity index (χ1n) is 11.8. The second kappa shape index (κ2) is 11.0. The molecule has 4 rings (SSSR count). The molecule has 0 heterocycles. The summed E-state index contributed by atoms with van der Waals surface area (Å²) < 4.78 is 0. The third kappa shape index (κ3) is 5.87. The smallest absolute Gasteiger partial charge is 0.170 e. The second-order valence-electron chi connectivity index (χ2n) is 9.09. The molecule has 4 aromatic carbocycles. The fourth-order valence-corrected chi connectivity index (χ4v) is 4.46. The first kappa shape index (κ1) is 26.1. The Bertz CT molecular complexity index is 1350. The number of rotatable bonds is 9. The average molecular weight is 515 g/mol. The molecule has 194 valence electrons. The monoisotopic (exact) mass is 514 g/mol. The molecule has 0 saturated carbocycles. The van der Waals surface area contributed by atoms with E-state index in [0.29, 0.717) is 11.1 Å². The molecule has 0 aliphatic heterocycles. The molecule has 4 aromatic rings. The summed E-state index contributed by atoms with van der Waals surface area (Å²) in [5.74, 6) is -4.55. The van der Waals surface area contributed by atoms with Crippen molar-refractivity contribution >= 4 is 11.6 Å². The van der Waals surface area contributed by atoms with Gasteiger partial charge in [0.2, 0.25) is 0 Å². The zero-order valence-corrected chi connectivity index (χ0v) is 20.2. The third-order valence-electron chi connectivity index (χ3n) is 6.44. The summed E-state index contributed by atoms with van der Waals surface area (Å²) in [5.41, 5.74) is 1.09. The minimum atomic E-state index is -1.05. The van der Waals surface area contributed by atoms with Crippen LogP contribution in [0.5, 0.6) is 34.5 Å². The predicted octanol–water partition coefficient (Wildman–Crippen LogP) is 4.70. The highest BCUT2D eigenvalue weighted by Crippen LogP contribution is 2.35. The van der Waals surface area contributed by atoms with Crippen LogP contribution in [0, 0.1) is 11.8 Å². The average Bonchev–Trinajstić information content (AvgIpc) is 2.87. The van der Waals surface area contributed by atoms with Crippen LogP contribution in [-0.2, 0) is 12.8 Å². The van der Waals surface area contributed by atoms with Gasteiger partial charge in [-0.1, -0.05) is 24.3 Å². The van der Waals surface area contributed by atoms with E-state index in [4.69, 9.17) is 0 Å². The van der Waals surface area contributed by atoms with Crippen molar-refractivity contribution in [2.24, 2.45) is 11.8 Å². The van der Waals surface area contributed by atoms with Gasteiger partial charge in [-0.2, -0.15) is 0 Å². The zero-order chi connectivity index (χ0) is 27.4. The first-order chi connectivity index (χ1) is 18.1. The summed E-state index contributed by atoms with van der Waals surface area (Å²) >= 11 is 0. The molecule has 0 radical (unpaired) electrons. The predicted molar refractivity (Wildman–Crippen MR) is 139 cm³/mol. The Kier molecular flexibility index (Phi) is 7.53. The van der Waals surface area contributed by atoms with Gasteiger partial charge in [-0.05, 0) is 72.5 Å². The van der Waals surface area contributed by atoms with Crippen molar-refractivity contribution in [3.05, 3.63) is 107 Å². The van der Waals surface area contributed by atoms with E-state index < -0.39 is 34.9 Å². The molecule has 0 aliphatic carbocycles. The van der Waals surface area contributed by atoms with Crippen molar-refractivity contribution in [3.8, 4) is 34.5 Å². The summed E-state index contributed by atoms with van der Waals surface area (Å²) in [4.78, 5) is 27.8. The van der Waals surface area contributed by atoms with Crippen molar-refractivity contribution < 1.29 is 40.2 Å². The fourth-order valence-electron chi connectivity index (χ4n) is 4.46. The lowest BCUT2D eigenvalue weighted by molar-refractivity contribution is 0.0759. The largest absolute Gasteiger partial charge is 0.508 e. The number of Topliss-reactive ketones (excluding diaryl/α,β-unsaturated/α-hetero) is 2. The van der Waals surface area contributed by atoms with Crippen LogP contribution < -0.4 is 0 Å². The molecule has 0 spiro atoms. The molecule has 0 aromatic heterocycles. The Labute approximate surface area is 218 Å². The number of carbonyl (C=O) groups excluding carboxylic acids is 2. The molecule has 2 atom stereocenters. The van der Waals surface area contributed by atoms with Gasteiger partial charge >= 0.3 is 0 Å². The molecule has 0 saturated heterocycles. The van der Waals surface area contributed by atoms with Crippen LogP contribution in [0.4, 0.5) is 0 Å². The van der Waals surface area contributed by atoms with Crippen LogP contribution in [-0.4, -0.2) is 42.2 Å². The summed E-state index contributed by atoms with van der Waals surface area (Å²) in [6.07, 6.45) is 0.0968. The van der Waals surface area contributed by atoms with Gasteiger partial charge in [-0.25, -0.2) is 0 Å². The SMILES string of the molecule is O=C(c1ccc(O)cc1O)C(Cc1ccc(O)cc1)C(Cc1ccc(O)cc1)C(=O)c1ccc(O)cc1O. The molecule has 0 fully saturated rings. The number of hydrogen-bond acceptors (Lipinski definition) is 8. The van der Waals surface area contributed by atoms with E-state index in [0.717, 1.165) is 12.1 Å². The van der Waals surface area contributed by atoms with Crippen LogP contribution in [0.1, 0.15) is 31.8 Å². The zero-order valence-electron chi connectivity index (χ0n) is 20.2. The summed E-state index contributed by atoms with van der Waals surface area (Å²) in [5, 5.41) is 59.8. The van der Waals surface area contributed by atoms with Gasteiger partial charge in [0, 0.05) is 24.0 Å². The number of phenolic OH excluding ortho intramolecular Hbond substituents is 6. The summed E-state index contributed by atoms with van der Waals surface area (Å²) in [6, 6.07) is 19.4. The lowest BCUT2D eigenvalue weighted by atomic mass is 9.74. The van der Waals surface area contributed by atoms with Crippen molar-refractivity contribution in [2.45, 2.75) is 12.8 Å². The van der Waals surface area contributed by atoms with Crippen molar-refractivity contribution in [2.75, 3.05) is 0 Å². The van der Waals surface area contributed by atoms with Crippen LogP contribution in [0.15, 0.2) is 84.9 Å². The van der Waals surface area contributed by atoms with Crippen molar-refractivity contribution in [1.82, 2.24) is 0 Å². The van der Waals surface area contributed by atoms with Gasteiger partial charge in [0.15, 0.2) is 11.6 Å². The number of benzene rings is 4. The summed E-state index contributed by atoms with van der Waals surface area (Å²) in [7, 11) is 0. The van der Waals surface area contributed by atoms with E-state index in [1.165, 1.54) is 48.5 Å². The highest BCUT2D eigenvalue weighted by molar-refractivity contribution is 6.07. The maximum atomic E-state index is 13.9. The normalized spacial score (nSPS) is 12.5. The molecule has 38 heavy (non-hydrogen) atoms. The topological polar surface area (TPSA) is 156 Å². The molecular formula is C30H26O8. The first-order valence-corrected chi connectivity index (χ1v) is 11.8. The highest BCUT2D eigenvalue weighted by Gasteiger charge is 2.37. The Balaban J connectivity index is 1.84. The fraction of sp³-hybridized carbons (Fsp3) is 0.133. The van der Waals surface area contributed by atoms with Gasteiger partial charge < -0.3 is 30.6 Å². The van der Waals surface area contributed by atoms with Crippen LogP contribution in [0.2, 0.25) is 0 Å². The molecule has 8 heteroatoms. The number of aromatic hydroxyl groups is 6. The van der Waals surface area contributed by atoms with Crippen molar-refractivity contribution in [1.29, 1.82) is 0 Å². The number of phenols is 6. The van der Waals surface area contributed by atoms with Crippen LogP contribution in [0.3, 0.4) is 0 Å². The number of ketones is 2. The molecule has 0 amide bonds. The lowest BCUT2D eigenvalue weighted by Gasteiger charge is -2.26. The minimum absolute atomic E-state index is 0.0264. The highest BCUT2D eigenvalue weighted by atomic mass is 16.3. The maximum Gasteiger partial charge on any atom is 0.170 e. The van der Waals surface area contributed by atoms with E-state index in [2.05, 4.69) is 0 Å². The molecule has 6 N–H and O–H groups in total. The van der Waals surface area contributed by atoms with Gasteiger partial charge in [0.25, 0.3) is 0 Å². The second-order valence-corrected chi connectivity index (χ2v) is 9.09. The standard InChI is InChI=1S/C30H26O8/c31-19-5-1-17(2-6-19)13-25(29(37)23-11-9-21(33)15-27(23)35)26(14-18-3-7-20(32)8-4-18)30(38)24-12-10-22(34)16-28(24)36/h1-12,15-16,25-26,31-36H,13-14H2. The number of hydrogen-bond donors (Lipinski definition) is 6. The van der Waals surface area contributed by atoms with Gasteiger partial charge in [0.1, 0.15) is 34.5 Å². The van der Waals surface area contributed by atoms with Gasteiger partial charge in [0.05, 0.1) is 11.1 Å². The molecule has 8 nitrogen and oxygen atoms in total. The van der Waals surface area contributed by atoms with E-state index >= 15 is 0 Å². The third-order valence-corrected chi connectivity index (χ3v) is 6.44. The quantitative estimate of drug-likeness (QED) is 0.176. The van der Waals surface area contributed by atoms with Crippen LogP contribution in [0.25, 0.3) is 0 Å². The molecule has 0 aliphatic rings. The van der Waals surface area contributed by atoms with Crippen LogP contribution >= 0.6 is 0 Å². The van der Waals surface area contributed by atoms with Gasteiger partial charge in [-0.15, -0.1) is 0 Å². The van der Waals surface area contributed by atoms with E-state index in [-0.39, 0.29) is 47.0 Å². The number of carbonyl (C=O) groups is 2. The Morgan fingerprint density at radius 2 is 0.789 bits per heavy atom. The Morgan fingerprint density at radius 1 is 0.474 bits per heavy atom. The van der Waals surface area contributed by atoms with E-state index in [1.54, 1.807) is 24.3 Å². The minimum Gasteiger partial charge on any atom is -0.508 e. The molecular weight excluding hydrogens is 488 g/mol. The lowest BCUT2D eigenvalue weighted by Crippen LogP contribution is -2.34. The van der Waals surface area contributed by atoms with Gasteiger partial charge in [-0.3, -0.25) is 9.59 Å². The van der Waals surface area contributed by atoms with E-state index in [1.807, 2.05) is 0 Å².